The lowest BCUT2D eigenvalue weighted by Gasteiger charge is -2.33. The first-order chi connectivity index (χ1) is 16.3. The Morgan fingerprint density at radius 1 is 0.912 bits per heavy atom. The van der Waals surface area contributed by atoms with Crippen molar-refractivity contribution in [3.05, 3.63) is 72.3 Å². The minimum absolute atomic E-state index is 0.133. The molecule has 0 aromatic heterocycles. The number of amidine groups is 1. The highest BCUT2D eigenvalue weighted by molar-refractivity contribution is 7.90. The van der Waals surface area contributed by atoms with E-state index in [0.29, 0.717) is 5.56 Å². The number of benzene rings is 3. The van der Waals surface area contributed by atoms with Crippen LogP contribution in [0.5, 0.6) is 0 Å². The van der Waals surface area contributed by atoms with E-state index >= 15 is 0 Å². The van der Waals surface area contributed by atoms with Crippen LogP contribution in [0.25, 0.3) is 10.8 Å². The van der Waals surface area contributed by atoms with E-state index < -0.39 is 20.0 Å². The number of nitrogens with zero attached hydrogens (tertiary/aromatic N) is 3. The van der Waals surface area contributed by atoms with Gasteiger partial charge in [-0.1, -0.05) is 42.5 Å². The number of fused-ring (bicyclic) bond motifs is 2. The van der Waals surface area contributed by atoms with Crippen LogP contribution in [0.1, 0.15) is 5.56 Å². The minimum atomic E-state index is -3.68. The Morgan fingerprint density at radius 2 is 1.59 bits per heavy atom. The van der Waals surface area contributed by atoms with Gasteiger partial charge in [0.2, 0.25) is 15.9 Å². The van der Waals surface area contributed by atoms with Gasteiger partial charge >= 0.3 is 0 Å². The van der Waals surface area contributed by atoms with Gasteiger partial charge in [-0.2, -0.15) is 4.31 Å². The fourth-order valence-electron chi connectivity index (χ4n) is 4.15. The smallest absolute Gasteiger partial charge is 0.263 e. The Kier molecular flexibility index (Phi) is 5.62. The van der Waals surface area contributed by atoms with E-state index in [1.807, 2.05) is 24.3 Å². The van der Waals surface area contributed by atoms with Crippen LogP contribution in [-0.4, -0.2) is 70.5 Å². The van der Waals surface area contributed by atoms with Crippen LogP contribution in [0.3, 0.4) is 0 Å². The summed E-state index contributed by atoms with van der Waals surface area (Å²) in [5.74, 6) is -0.152. The quantitative estimate of drug-likeness (QED) is 0.584. The molecular formula is C23H22N4O5S2. The fourth-order valence-corrected chi connectivity index (χ4v) is 6.86. The molecule has 2 aliphatic heterocycles. The van der Waals surface area contributed by atoms with Gasteiger partial charge in [-0.05, 0) is 35.0 Å². The molecule has 176 valence electrons. The molecule has 0 unspecified atom stereocenters. The second kappa shape index (κ2) is 8.49. The van der Waals surface area contributed by atoms with E-state index in [2.05, 4.69) is 9.71 Å². The molecule has 3 aromatic carbocycles. The molecule has 0 saturated carbocycles. The predicted molar refractivity (Wildman–Crippen MR) is 127 cm³/mol. The average Bonchev–Trinajstić information content (AvgIpc) is 3.12. The third-order valence-corrected chi connectivity index (χ3v) is 9.28. The molecule has 34 heavy (non-hydrogen) atoms. The van der Waals surface area contributed by atoms with Gasteiger partial charge in [-0.25, -0.2) is 16.8 Å². The van der Waals surface area contributed by atoms with Crippen LogP contribution >= 0.6 is 0 Å². The van der Waals surface area contributed by atoms with Crippen LogP contribution in [0, 0.1) is 0 Å². The largest absolute Gasteiger partial charge is 0.338 e. The lowest BCUT2D eigenvalue weighted by atomic mass is 10.1. The van der Waals surface area contributed by atoms with Crippen molar-refractivity contribution in [2.24, 2.45) is 4.99 Å². The van der Waals surface area contributed by atoms with E-state index in [4.69, 9.17) is 0 Å². The van der Waals surface area contributed by atoms with Crippen molar-refractivity contribution in [1.82, 2.24) is 13.9 Å². The summed E-state index contributed by atoms with van der Waals surface area (Å²) >= 11 is 0. The predicted octanol–water partition coefficient (Wildman–Crippen LogP) is 1.41. The van der Waals surface area contributed by atoms with Crippen molar-refractivity contribution in [1.29, 1.82) is 0 Å². The lowest BCUT2D eigenvalue weighted by Crippen LogP contribution is -2.51. The molecular weight excluding hydrogens is 476 g/mol. The summed E-state index contributed by atoms with van der Waals surface area (Å²) in [4.78, 5) is 18.8. The van der Waals surface area contributed by atoms with Crippen LogP contribution in [-0.2, 0) is 24.8 Å². The molecule has 1 saturated heterocycles. The van der Waals surface area contributed by atoms with Crippen LogP contribution in [0.15, 0.2) is 81.5 Å². The third kappa shape index (κ3) is 4.06. The summed E-state index contributed by atoms with van der Waals surface area (Å²) in [7, 11) is -7.35. The molecule has 0 atom stereocenters. The zero-order valence-corrected chi connectivity index (χ0v) is 19.7. The second-order valence-electron chi connectivity index (χ2n) is 8.06. The Hall–Kier alpha value is -3.28. The molecule has 9 nitrogen and oxygen atoms in total. The topological polar surface area (TPSA) is 116 Å². The second-order valence-corrected chi connectivity index (χ2v) is 11.6. The molecule has 0 radical (unpaired) electrons. The summed E-state index contributed by atoms with van der Waals surface area (Å²) in [5, 5.41) is 1.81. The maximum absolute atomic E-state index is 13.1. The molecule has 5 rings (SSSR count). The van der Waals surface area contributed by atoms with Crippen molar-refractivity contribution in [2.75, 3.05) is 32.7 Å². The number of carbonyl (C=O) groups is 1. The Bertz CT molecular complexity index is 1530. The van der Waals surface area contributed by atoms with Gasteiger partial charge in [-0.15, -0.1) is 0 Å². The van der Waals surface area contributed by atoms with Crippen molar-refractivity contribution >= 4 is 42.6 Å². The maximum Gasteiger partial charge on any atom is 0.263 e. The van der Waals surface area contributed by atoms with Crippen molar-refractivity contribution in [2.45, 2.75) is 9.79 Å². The number of carbonyl (C=O) groups excluding carboxylic acids is 1. The molecule has 0 aliphatic carbocycles. The normalized spacial score (nSPS) is 19.2. The van der Waals surface area contributed by atoms with Gasteiger partial charge < -0.3 is 4.90 Å². The highest BCUT2D eigenvalue weighted by atomic mass is 32.2. The highest BCUT2D eigenvalue weighted by Gasteiger charge is 2.32. The van der Waals surface area contributed by atoms with Gasteiger partial charge in [0.1, 0.15) is 12.4 Å². The average molecular weight is 499 g/mol. The molecule has 0 bridgehead atoms. The third-order valence-electron chi connectivity index (χ3n) is 5.99. The summed E-state index contributed by atoms with van der Waals surface area (Å²) in [6, 6.07) is 19.1. The molecule has 2 heterocycles. The first-order valence-electron chi connectivity index (χ1n) is 10.7. The van der Waals surface area contributed by atoms with Crippen molar-refractivity contribution < 1.29 is 21.6 Å². The number of rotatable bonds is 4. The number of piperazine rings is 1. The standard InChI is InChI=1S/C23H22N4O5S2/c28-22(16-24-23-20-7-3-4-8-21(20)33(29,30)25-23)26-11-13-27(14-12-26)34(31,32)19-10-9-17-5-1-2-6-18(17)15-19/h1-10,15H,11-14,16H2,(H,24,25). The first kappa shape index (κ1) is 22.5. The van der Waals surface area contributed by atoms with E-state index in [1.165, 1.54) is 10.4 Å². The zero-order valence-electron chi connectivity index (χ0n) is 18.1. The molecule has 11 heteroatoms. The van der Waals surface area contributed by atoms with Crippen molar-refractivity contribution in [3.8, 4) is 0 Å². The fraction of sp³-hybridized carbons (Fsp3) is 0.217. The summed E-state index contributed by atoms with van der Waals surface area (Å²) in [6.07, 6.45) is 0. The number of hydrogen-bond acceptors (Lipinski definition) is 6. The maximum atomic E-state index is 13.1. The molecule has 2 aliphatic rings. The van der Waals surface area contributed by atoms with Crippen LogP contribution in [0.4, 0.5) is 0 Å². The summed E-state index contributed by atoms with van der Waals surface area (Å²) in [5.41, 5.74) is 0.432. The SMILES string of the molecule is O=C(CN=C1NS(=O)(=O)c2ccccc21)N1CCN(S(=O)(=O)c2ccc3ccccc3c2)CC1. The number of sulfonamides is 2. The summed E-state index contributed by atoms with van der Waals surface area (Å²) < 4.78 is 54.4. The van der Waals surface area contributed by atoms with Crippen LogP contribution < -0.4 is 4.72 Å². The number of amides is 1. The van der Waals surface area contributed by atoms with E-state index in [0.717, 1.165) is 10.8 Å². The molecule has 1 amide bonds. The van der Waals surface area contributed by atoms with Crippen molar-refractivity contribution in [3.63, 3.8) is 0 Å². The van der Waals surface area contributed by atoms with Gasteiger partial charge in [0, 0.05) is 31.7 Å². The molecule has 3 aromatic rings. The number of hydrogen-bond donors (Lipinski definition) is 1. The highest BCUT2D eigenvalue weighted by Crippen LogP contribution is 2.24. The Balaban J connectivity index is 1.24. The molecule has 0 spiro atoms. The number of nitrogens with one attached hydrogen (secondary N) is 1. The van der Waals surface area contributed by atoms with Gasteiger partial charge in [0.05, 0.1) is 9.79 Å². The lowest BCUT2D eigenvalue weighted by molar-refractivity contribution is -0.130. The first-order valence-corrected chi connectivity index (χ1v) is 13.6. The van der Waals surface area contributed by atoms with Gasteiger partial charge in [0.25, 0.3) is 10.0 Å². The van der Waals surface area contributed by atoms with Gasteiger partial charge in [0.15, 0.2) is 0 Å². The Labute approximate surface area is 197 Å². The number of aliphatic imine (C=N–C) groups is 1. The van der Waals surface area contributed by atoms with E-state index in [-0.39, 0.29) is 54.3 Å². The molecule has 1 N–H and O–H groups in total. The molecule has 1 fully saturated rings. The Morgan fingerprint density at radius 3 is 2.35 bits per heavy atom. The van der Waals surface area contributed by atoms with E-state index in [9.17, 15) is 21.6 Å². The van der Waals surface area contributed by atoms with Gasteiger partial charge in [-0.3, -0.25) is 14.5 Å². The minimum Gasteiger partial charge on any atom is -0.338 e. The van der Waals surface area contributed by atoms with Crippen LogP contribution in [0.2, 0.25) is 0 Å². The summed E-state index contributed by atoms with van der Waals surface area (Å²) in [6.45, 7) is 0.584. The zero-order chi connectivity index (χ0) is 23.9. The van der Waals surface area contributed by atoms with E-state index in [1.54, 1.807) is 41.3 Å². The monoisotopic (exact) mass is 498 g/mol.